The van der Waals surface area contributed by atoms with Crippen molar-refractivity contribution in [1.82, 2.24) is 42.2 Å². The monoisotopic (exact) mass is 1160 g/mol. The number of hydrogen-bond donors (Lipinski definition) is 8. The van der Waals surface area contributed by atoms with E-state index in [2.05, 4.69) is 42.2 Å². The Hall–Kier alpha value is -9.67. The molecule has 84 heavy (non-hydrogen) atoms. The van der Waals surface area contributed by atoms with Crippen LogP contribution in [0.2, 0.25) is 0 Å². The molecule has 23 nitrogen and oxygen atoms in total. The number of methoxy groups -OCH3 is 4. The lowest BCUT2D eigenvalue weighted by molar-refractivity contribution is -0.143. The number of amides is 7. The Balaban J connectivity index is 1.40. The van der Waals surface area contributed by atoms with Crippen molar-refractivity contribution in [2.24, 2.45) is 11.8 Å². The highest BCUT2D eigenvalue weighted by molar-refractivity contribution is 5.99. The second-order valence-corrected chi connectivity index (χ2v) is 20.3. The maximum Gasteiger partial charge on any atom is 0.330 e. The molecule has 6 rings (SSSR count). The number of fused-ring (bicyclic) bond motifs is 1. The van der Waals surface area contributed by atoms with E-state index < -0.39 is 121 Å². The minimum absolute atomic E-state index is 0.0648. The van der Waals surface area contributed by atoms with E-state index in [9.17, 15) is 43.2 Å². The van der Waals surface area contributed by atoms with Crippen molar-refractivity contribution in [2.45, 2.75) is 89.8 Å². The van der Waals surface area contributed by atoms with E-state index in [0.717, 1.165) is 12.2 Å². The van der Waals surface area contributed by atoms with Crippen molar-refractivity contribution in [2.75, 3.05) is 41.7 Å². The van der Waals surface area contributed by atoms with Crippen LogP contribution in [0.1, 0.15) is 56.9 Å². The molecule has 7 atom stereocenters. The van der Waals surface area contributed by atoms with Crippen LogP contribution in [0.5, 0.6) is 23.0 Å². The van der Waals surface area contributed by atoms with Gasteiger partial charge in [-0.05, 0) is 83.5 Å². The molecule has 2 heterocycles. The fourth-order valence-corrected chi connectivity index (χ4v) is 8.87. The third-order valence-electron chi connectivity index (χ3n) is 13.6. The maximum absolute atomic E-state index is 14.9. The number of ether oxygens (including phenoxy) is 6. The highest BCUT2D eigenvalue weighted by Gasteiger charge is 2.37. The fourth-order valence-electron chi connectivity index (χ4n) is 8.87. The third-order valence-corrected chi connectivity index (χ3v) is 13.6. The van der Waals surface area contributed by atoms with Gasteiger partial charge in [0, 0.05) is 42.1 Å². The van der Waals surface area contributed by atoms with Gasteiger partial charge in [-0.25, -0.2) is 9.59 Å². The molecular formula is C61H72N8O15. The Morgan fingerprint density at radius 2 is 0.905 bits per heavy atom. The summed E-state index contributed by atoms with van der Waals surface area (Å²) in [5.41, 5.74) is 2.87. The van der Waals surface area contributed by atoms with E-state index in [4.69, 9.17) is 28.4 Å². The van der Waals surface area contributed by atoms with Crippen LogP contribution in [0.4, 0.5) is 0 Å². The molecule has 446 valence electrons. The van der Waals surface area contributed by atoms with Gasteiger partial charge in [0.1, 0.15) is 55.5 Å². The lowest BCUT2D eigenvalue weighted by atomic mass is 9.99. The van der Waals surface area contributed by atoms with E-state index in [1.807, 2.05) is 0 Å². The van der Waals surface area contributed by atoms with Crippen molar-refractivity contribution in [1.29, 1.82) is 0 Å². The summed E-state index contributed by atoms with van der Waals surface area (Å²) in [7, 11) is 5.83. The molecule has 7 amide bonds. The molecule has 1 fully saturated rings. The number of rotatable bonds is 18. The lowest BCUT2D eigenvalue weighted by Crippen LogP contribution is -2.62. The molecule has 1 aliphatic rings. The molecule has 0 saturated carbocycles. The Labute approximate surface area is 486 Å². The number of esters is 2. The number of H-pyrrole nitrogens is 1. The van der Waals surface area contributed by atoms with Gasteiger partial charge in [0.2, 0.25) is 41.4 Å². The van der Waals surface area contributed by atoms with Gasteiger partial charge in [-0.15, -0.1) is 0 Å². The normalized spacial score (nSPS) is 20.6. The van der Waals surface area contributed by atoms with Gasteiger partial charge in [0.25, 0.3) is 0 Å². The minimum atomic E-state index is -1.76. The molecule has 0 radical (unpaired) electrons. The highest BCUT2D eigenvalue weighted by Crippen LogP contribution is 2.29. The third kappa shape index (κ3) is 17.7. The molecule has 1 aliphatic heterocycles. The first-order chi connectivity index (χ1) is 40.2. The number of nitrogens with one attached hydrogen (secondary N) is 8. The van der Waals surface area contributed by atoms with Crippen LogP contribution in [-0.2, 0) is 65.5 Å². The van der Waals surface area contributed by atoms with E-state index in [1.54, 1.807) is 125 Å². The Morgan fingerprint density at radius 1 is 0.476 bits per heavy atom. The standard InChI is InChI=1S/C61H72N8O15/c1-34(2)53-60(77)65-43(27-37-15-11-10-12-16-37)57(74)69-54(35(3)4)61(78)67-46(33-84-52(71)26-22-39-20-24-48(80-7)50(29-39)82-9)59(76)64-44(30-40-31-62-42-18-14-13-17-41(40)42)56(73)66-45(58(75)63-36(5)55(72)68-53)32-83-51(70)25-21-38-19-23-47(79-6)49(28-38)81-8/h10-26,28-29,31,34-36,43-46,53-54,62H,27,30,32-33H2,1-9H3,(H,63,75)(H,64,76)(H,65,77)(H,66,73)(H,67,78)(H,68,72)(H,69,74)/b25-21+,26-22+/t36-,43+,44-,45+,46-,53-,54-/m1/s1. The van der Waals surface area contributed by atoms with Gasteiger partial charge >= 0.3 is 11.9 Å². The van der Waals surface area contributed by atoms with Crippen LogP contribution in [0, 0.1) is 11.8 Å². The Bertz CT molecular complexity index is 3230. The molecular weight excluding hydrogens is 1080 g/mol. The van der Waals surface area contributed by atoms with Crippen LogP contribution in [0.25, 0.3) is 23.1 Å². The van der Waals surface area contributed by atoms with Gasteiger partial charge in [0.15, 0.2) is 23.0 Å². The van der Waals surface area contributed by atoms with E-state index in [-0.39, 0.29) is 12.8 Å². The van der Waals surface area contributed by atoms with Gasteiger partial charge in [-0.1, -0.05) is 88.4 Å². The van der Waals surface area contributed by atoms with Crippen LogP contribution in [0.3, 0.4) is 0 Å². The molecule has 1 aromatic heterocycles. The number of aromatic nitrogens is 1. The zero-order valence-corrected chi connectivity index (χ0v) is 48.2. The molecule has 4 aromatic carbocycles. The van der Waals surface area contributed by atoms with Crippen molar-refractivity contribution in [3.63, 3.8) is 0 Å². The summed E-state index contributed by atoms with van der Waals surface area (Å²) in [4.78, 5) is 131. The molecule has 0 unspecified atom stereocenters. The van der Waals surface area contributed by atoms with E-state index >= 15 is 0 Å². The smallest absolute Gasteiger partial charge is 0.330 e. The molecule has 0 spiro atoms. The first-order valence-corrected chi connectivity index (χ1v) is 27.1. The van der Waals surface area contributed by atoms with Gasteiger partial charge in [-0.2, -0.15) is 0 Å². The lowest BCUT2D eigenvalue weighted by Gasteiger charge is -2.29. The van der Waals surface area contributed by atoms with Crippen LogP contribution in [0.15, 0.2) is 109 Å². The largest absolute Gasteiger partial charge is 0.493 e. The first-order valence-electron chi connectivity index (χ1n) is 27.1. The number of hydrogen-bond acceptors (Lipinski definition) is 15. The summed E-state index contributed by atoms with van der Waals surface area (Å²) in [5, 5.41) is 19.2. The van der Waals surface area contributed by atoms with Crippen molar-refractivity contribution in [3.05, 3.63) is 132 Å². The summed E-state index contributed by atoms with van der Waals surface area (Å²) in [5.74, 6) is -7.88. The Kier molecular flexibility index (Phi) is 23.0. The van der Waals surface area contributed by atoms with Crippen molar-refractivity contribution < 1.29 is 71.6 Å². The molecule has 0 aliphatic carbocycles. The zero-order chi connectivity index (χ0) is 61.0. The minimum Gasteiger partial charge on any atom is -0.493 e. The summed E-state index contributed by atoms with van der Waals surface area (Å²) in [6.45, 7) is 6.29. The second kappa shape index (κ2) is 30.4. The number of benzene rings is 4. The Morgan fingerprint density at radius 3 is 1.43 bits per heavy atom. The number of aromatic amines is 1. The van der Waals surface area contributed by atoms with Crippen LogP contribution < -0.4 is 56.2 Å². The van der Waals surface area contributed by atoms with E-state index in [1.165, 1.54) is 47.5 Å². The fraction of sp³-hybridized carbons (Fsp3) is 0.361. The van der Waals surface area contributed by atoms with E-state index in [0.29, 0.717) is 56.2 Å². The number of carbonyl (C=O) groups excluding carboxylic acids is 9. The maximum atomic E-state index is 14.9. The average molecular weight is 1160 g/mol. The summed E-state index contributed by atoms with van der Waals surface area (Å²) >= 11 is 0. The molecule has 5 aromatic rings. The SMILES string of the molecule is COc1ccc(/C=C/C(=O)OC[C@@H]2NC(=O)[C@@H](Cc3c[nH]c4ccccc34)NC(=O)[C@@H](COC(=O)/C=C/c3ccc(OC)c(OC)c3)NC(=O)[C@@H](C(C)C)NC(=O)[C@H](Cc3ccccc3)NC(=O)[C@@H](C(C)C)NC(=O)[C@@H](C)NC2=O)cc1OC. The van der Waals surface area contributed by atoms with Gasteiger partial charge in [0.05, 0.1) is 28.4 Å². The number of para-hydroxylation sites is 1. The van der Waals surface area contributed by atoms with Gasteiger partial charge < -0.3 is 70.6 Å². The predicted molar refractivity (Wildman–Crippen MR) is 310 cm³/mol. The number of carbonyl (C=O) groups is 9. The van der Waals surface area contributed by atoms with Gasteiger partial charge in [-0.3, -0.25) is 33.6 Å². The predicted octanol–water partition coefficient (Wildman–Crippen LogP) is 3.24. The summed E-state index contributed by atoms with van der Waals surface area (Å²) in [6, 6.07) is 15.1. The summed E-state index contributed by atoms with van der Waals surface area (Å²) < 4.78 is 32.5. The molecule has 1 saturated heterocycles. The highest BCUT2D eigenvalue weighted by atomic mass is 16.5. The first kappa shape index (κ1) is 63.5. The molecule has 8 N–H and O–H groups in total. The van der Waals surface area contributed by atoms with Crippen LogP contribution in [-0.4, -0.2) is 142 Å². The average Bonchev–Trinajstić information content (AvgIpc) is 4.13. The van der Waals surface area contributed by atoms with Crippen molar-refractivity contribution >= 4 is 76.3 Å². The zero-order valence-electron chi connectivity index (χ0n) is 48.2. The summed E-state index contributed by atoms with van der Waals surface area (Å²) in [6.07, 6.45) is 6.31. The quantitative estimate of drug-likeness (QED) is 0.0462. The molecule has 0 bridgehead atoms. The molecule has 23 heteroatoms. The topological polar surface area (TPSA) is 309 Å². The second-order valence-electron chi connectivity index (χ2n) is 20.3. The van der Waals surface area contributed by atoms with Crippen molar-refractivity contribution in [3.8, 4) is 23.0 Å². The van der Waals surface area contributed by atoms with Crippen LogP contribution >= 0.6 is 0 Å².